The van der Waals surface area contributed by atoms with Gasteiger partial charge in [0.05, 0.1) is 12.7 Å². The molecule has 0 saturated carbocycles. The zero-order valence-electron chi connectivity index (χ0n) is 12.9. The quantitative estimate of drug-likeness (QED) is 0.630. The third kappa shape index (κ3) is 2.25. The molecule has 6 nitrogen and oxygen atoms in total. The molecule has 4 aromatic rings. The molecule has 6 heteroatoms. The highest BCUT2D eigenvalue weighted by atomic mass is 16.5. The average Bonchev–Trinajstić information content (AvgIpc) is 3.03. The second kappa shape index (κ2) is 5.66. The Morgan fingerprint density at radius 2 is 1.92 bits per heavy atom. The fourth-order valence-corrected chi connectivity index (χ4v) is 2.74. The molecule has 0 radical (unpaired) electrons. The molecule has 1 aromatic carbocycles. The smallest absolute Gasteiger partial charge is 0.274 e. The van der Waals surface area contributed by atoms with Gasteiger partial charge in [0, 0.05) is 30.2 Å². The Bertz CT molecular complexity index is 1070. The number of fused-ring (bicyclic) bond motifs is 1. The lowest BCUT2D eigenvalue weighted by Gasteiger charge is -2.06. The molecule has 0 unspecified atom stereocenters. The number of methoxy groups -OCH3 is 1. The van der Waals surface area contributed by atoms with Crippen LogP contribution in [0.5, 0.6) is 5.75 Å². The lowest BCUT2D eigenvalue weighted by atomic mass is 10.0. The van der Waals surface area contributed by atoms with Gasteiger partial charge in [-0.25, -0.2) is 0 Å². The molecule has 0 spiro atoms. The molecular weight excluding hydrogens is 304 g/mol. The predicted molar refractivity (Wildman–Crippen MR) is 91.0 cm³/mol. The van der Waals surface area contributed by atoms with E-state index in [2.05, 4.69) is 15.1 Å². The molecule has 0 aliphatic carbocycles. The van der Waals surface area contributed by atoms with Gasteiger partial charge in [0.2, 0.25) is 0 Å². The van der Waals surface area contributed by atoms with Crippen molar-refractivity contribution in [1.82, 2.24) is 19.6 Å². The third-order valence-electron chi connectivity index (χ3n) is 3.85. The second-order valence-corrected chi connectivity index (χ2v) is 5.27. The summed E-state index contributed by atoms with van der Waals surface area (Å²) in [6.07, 6.45) is 5.03. The molecule has 0 aliphatic rings. The van der Waals surface area contributed by atoms with Crippen LogP contribution in [0, 0.1) is 0 Å². The number of nitrogens with zero attached hydrogens (tertiary/aromatic N) is 3. The third-order valence-corrected chi connectivity index (χ3v) is 3.85. The molecule has 0 atom stereocenters. The van der Waals surface area contributed by atoms with E-state index in [-0.39, 0.29) is 5.56 Å². The van der Waals surface area contributed by atoms with Crippen LogP contribution in [0.1, 0.15) is 0 Å². The van der Waals surface area contributed by atoms with Crippen LogP contribution in [0.25, 0.3) is 28.0 Å². The zero-order valence-corrected chi connectivity index (χ0v) is 12.9. The fraction of sp³-hybridized carbons (Fsp3) is 0.0556. The number of nitrogens with one attached hydrogen (secondary N) is 1. The van der Waals surface area contributed by atoms with E-state index < -0.39 is 0 Å². The van der Waals surface area contributed by atoms with E-state index in [0.29, 0.717) is 11.3 Å². The van der Waals surface area contributed by atoms with Gasteiger partial charge in [-0.1, -0.05) is 12.1 Å². The highest BCUT2D eigenvalue weighted by Crippen LogP contribution is 2.34. The van der Waals surface area contributed by atoms with Crippen LogP contribution >= 0.6 is 0 Å². The van der Waals surface area contributed by atoms with Crippen LogP contribution in [-0.4, -0.2) is 26.7 Å². The van der Waals surface area contributed by atoms with E-state index >= 15 is 0 Å². The van der Waals surface area contributed by atoms with Gasteiger partial charge in [0.25, 0.3) is 5.56 Å². The summed E-state index contributed by atoms with van der Waals surface area (Å²) in [6, 6.07) is 12.9. The summed E-state index contributed by atoms with van der Waals surface area (Å²) >= 11 is 0. The van der Waals surface area contributed by atoms with Crippen molar-refractivity contribution in [2.45, 2.75) is 0 Å². The lowest BCUT2D eigenvalue weighted by Crippen LogP contribution is -2.12. The van der Waals surface area contributed by atoms with Crippen molar-refractivity contribution in [3.8, 4) is 28.1 Å². The second-order valence-electron chi connectivity index (χ2n) is 5.27. The number of ether oxygens (including phenoxy) is 1. The Kier molecular flexibility index (Phi) is 3.35. The van der Waals surface area contributed by atoms with Crippen LogP contribution in [0.4, 0.5) is 0 Å². The van der Waals surface area contributed by atoms with Crippen molar-refractivity contribution in [3.05, 3.63) is 71.4 Å². The number of hydrogen-bond donors (Lipinski definition) is 1. The van der Waals surface area contributed by atoms with Gasteiger partial charge >= 0.3 is 0 Å². The van der Waals surface area contributed by atoms with Crippen LogP contribution in [0.3, 0.4) is 0 Å². The molecule has 3 aromatic heterocycles. The summed E-state index contributed by atoms with van der Waals surface area (Å²) in [4.78, 5) is 19.4. The van der Waals surface area contributed by atoms with Gasteiger partial charge in [0.15, 0.2) is 0 Å². The molecule has 4 rings (SSSR count). The van der Waals surface area contributed by atoms with Crippen molar-refractivity contribution in [3.63, 3.8) is 0 Å². The molecular formula is C18H14N4O2. The van der Waals surface area contributed by atoms with E-state index in [1.165, 1.54) is 10.6 Å². The standard InChI is InChI=1S/C18H14N4O2/c1-24-14-4-2-3-13(11-14)16-17(12-5-8-19-9-6-12)21-22-15(23)7-10-20-18(16)22/h2-11,20H,1H3. The minimum atomic E-state index is -0.187. The normalized spacial score (nSPS) is 10.9. The minimum absolute atomic E-state index is 0.187. The highest BCUT2D eigenvalue weighted by Gasteiger charge is 2.18. The molecule has 0 amide bonds. The molecule has 0 bridgehead atoms. The van der Waals surface area contributed by atoms with E-state index in [1.54, 1.807) is 25.7 Å². The lowest BCUT2D eigenvalue weighted by molar-refractivity contribution is 0.415. The van der Waals surface area contributed by atoms with Crippen molar-refractivity contribution in [2.24, 2.45) is 0 Å². The molecule has 0 fully saturated rings. The van der Waals surface area contributed by atoms with Crippen molar-refractivity contribution < 1.29 is 4.74 Å². The first-order valence-corrected chi connectivity index (χ1v) is 7.43. The molecule has 1 N–H and O–H groups in total. The summed E-state index contributed by atoms with van der Waals surface area (Å²) in [6.45, 7) is 0. The van der Waals surface area contributed by atoms with E-state index in [0.717, 1.165) is 22.4 Å². The largest absolute Gasteiger partial charge is 0.497 e. The maximum Gasteiger partial charge on any atom is 0.274 e. The van der Waals surface area contributed by atoms with Gasteiger partial charge < -0.3 is 9.72 Å². The molecule has 0 saturated heterocycles. The number of pyridine rings is 1. The zero-order chi connectivity index (χ0) is 16.5. The maximum absolute atomic E-state index is 12.2. The topological polar surface area (TPSA) is 72.3 Å². The van der Waals surface area contributed by atoms with Crippen molar-refractivity contribution >= 4 is 5.65 Å². The van der Waals surface area contributed by atoms with Crippen LogP contribution in [0.15, 0.2) is 65.8 Å². The number of aromatic nitrogens is 4. The van der Waals surface area contributed by atoms with E-state index in [9.17, 15) is 4.79 Å². The van der Waals surface area contributed by atoms with Gasteiger partial charge in [-0.15, -0.1) is 0 Å². The van der Waals surface area contributed by atoms with E-state index in [1.807, 2.05) is 36.4 Å². The van der Waals surface area contributed by atoms with Crippen LogP contribution < -0.4 is 10.3 Å². The Morgan fingerprint density at radius 1 is 1.08 bits per heavy atom. The van der Waals surface area contributed by atoms with Gasteiger partial charge in [-0.2, -0.15) is 9.61 Å². The first-order chi connectivity index (χ1) is 11.8. The average molecular weight is 318 g/mol. The Labute approximate surface area is 137 Å². The monoisotopic (exact) mass is 318 g/mol. The SMILES string of the molecule is COc1cccc(-c2c(-c3ccncc3)nn3c(=O)cc[nH]c23)c1. The predicted octanol–water partition coefficient (Wildman–Crippen LogP) is 2.76. The summed E-state index contributed by atoms with van der Waals surface area (Å²) in [5, 5.41) is 4.52. The Hall–Kier alpha value is -3.41. The molecule has 3 heterocycles. The molecule has 0 aliphatic heterocycles. The van der Waals surface area contributed by atoms with E-state index in [4.69, 9.17) is 4.74 Å². The van der Waals surface area contributed by atoms with Crippen molar-refractivity contribution in [2.75, 3.05) is 7.11 Å². The summed E-state index contributed by atoms with van der Waals surface area (Å²) in [5.41, 5.74) is 3.82. The van der Waals surface area contributed by atoms with Gasteiger partial charge in [-0.05, 0) is 29.8 Å². The number of benzene rings is 1. The number of hydrogen-bond acceptors (Lipinski definition) is 4. The Balaban J connectivity index is 2.08. The van der Waals surface area contributed by atoms with Crippen LogP contribution in [-0.2, 0) is 0 Å². The first-order valence-electron chi connectivity index (χ1n) is 7.43. The maximum atomic E-state index is 12.2. The fourth-order valence-electron chi connectivity index (χ4n) is 2.74. The van der Waals surface area contributed by atoms with Gasteiger partial charge in [-0.3, -0.25) is 9.78 Å². The summed E-state index contributed by atoms with van der Waals surface area (Å²) < 4.78 is 6.70. The molecule has 24 heavy (non-hydrogen) atoms. The number of aromatic amines is 1. The number of rotatable bonds is 3. The van der Waals surface area contributed by atoms with Crippen molar-refractivity contribution in [1.29, 1.82) is 0 Å². The van der Waals surface area contributed by atoms with Gasteiger partial charge in [0.1, 0.15) is 17.1 Å². The minimum Gasteiger partial charge on any atom is -0.497 e. The molecule has 118 valence electrons. The summed E-state index contributed by atoms with van der Waals surface area (Å²) in [5.74, 6) is 0.741. The number of H-pyrrole nitrogens is 1. The summed E-state index contributed by atoms with van der Waals surface area (Å²) in [7, 11) is 1.63. The highest BCUT2D eigenvalue weighted by molar-refractivity contribution is 5.90. The first kappa shape index (κ1) is 14.2. The van der Waals surface area contributed by atoms with Crippen LogP contribution in [0.2, 0.25) is 0 Å². The Morgan fingerprint density at radius 3 is 2.71 bits per heavy atom.